The van der Waals surface area contributed by atoms with E-state index in [1.54, 1.807) is 12.3 Å². The number of aromatic nitrogens is 1. The summed E-state index contributed by atoms with van der Waals surface area (Å²) in [4.78, 5) is 17.3. The number of pyridine rings is 1. The largest absolute Gasteiger partial charge is 0.481 e. The van der Waals surface area contributed by atoms with Crippen molar-refractivity contribution >= 4 is 16.9 Å². The molecule has 1 aliphatic rings. The quantitative estimate of drug-likeness (QED) is 0.933. The van der Waals surface area contributed by atoms with Gasteiger partial charge >= 0.3 is 5.97 Å². The summed E-state index contributed by atoms with van der Waals surface area (Å²) >= 11 is 0. The third-order valence-electron chi connectivity index (χ3n) is 3.76. The van der Waals surface area contributed by atoms with Crippen LogP contribution in [0, 0.1) is 11.7 Å². The van der Waals surface area contributed by atoms with Crippen LogP contribution in [-0.2, 0) is 11.3 Å². The summed E-state index contributed by atoms with van der Waals surface area (Å²) in [6.07, 6.45) is 2.34. The van der Waals surface area contributed by atoms with Crippen molar-refractivity contribution in [2.75, 3.05) is 13.1 Å². The molecular weight excluding hydrogens is 259 g/mol. The first kappa shape index (κ1) is 13.0. The van der Waals surface area contributed by atoms with Crippen LogP contribution in [0.1, 0.15) is 12.0 Å². The zero-order valence-corrected chi connectivity index (χ0v) is 10.9. The molecular formula is C15H15FN2O2. The molecule has 1 aromatic heterocycles. The van der Waals surface area contributed by atoms with Crippen molar-refractivity contribution in [3.05, 3.63) is 41.8 Å². The minimum Gasteiger partial charge on any atom is -0.481 e. The number of carboxylic acid groups (broad SMARTS) is 1. The van der Waals surface area contributed by atoms with Crippen molar-refractivity contribution in [3.8, 4) is 0 Å². The number of likely N-dealkylation sites (tertiary alicyclic amines) is 1. The number of carbonyl (C=O) groups is 1. The number of aliphatic carboxylic acids is 1. The van der Waals surface area contributed by atoms with Crippen molar-refractivity contribution in [2.24, 2.45) is 5.92 Å². The Kier molecular flexibility index (Phi) is 3.36. The fourth-order valence-corrected chi connectivity index (χ4v) is 2.77. The third-order valence-corrected chi connectivity index (χ3v) is 3.76. The highest BCUT2D eigenvalue weighted by atomic mass is 19.1. The van der Waals surface area contributed by atoms with E-state index >= 15 is 0 Å². The molecule has 1 saturated heterocycles. The highest BCUT2D eigenvalue weighted by Gasteiger charge is 2.28. The van der Waals surface area contributed by atoms with Gasteiger partial charge in [-0.1, -0.05) is 6.07 Å². The molecule has 1 fully saturated rings. The Labute approximate surface area is 115 Å². The van der Waals surface area contributed by atoms with E-state index in [4.69, 9.17) is 5.11 Å². The van der Waals surface area contributed by atoms with E-state index in [9.17, 15) is 9.18 Å². The molecule has 2 heterocycles. The van der Waals surface area contributed by atoms with Gasteiger partial charge in [-0.3, -0.25) is 14.7 Å². The average Bonchev–Trinajstić information content (AvgIpc) is 2.87. The number of nitrogens with zero attached hydrogens (tertiary/aromatic N) is 2. The molecule has 5 heteroatoms. The third kappa shape index (κ3) is 2.49. The van der Waals surface area contributed by atoms with Gasteiger partial charge in [0.05, 0.1) is 11.4 Å². The summed E-state index contributed by atoms with van der Waals surface area (Å²) < 4.78 is 13.6. The van der Waals surface area contributed by atoms with Crippen LogP contribution in [0.25, 0.3) is 10.9 Å². The number of carboxylic acids is 1. The lowest BCUT2D eigenvalue weighted by atomic mass is 10.1. The van der Waals surface area contributed by atoms with Crippen LogP contribution in [0.4, 0.5) is 4.39 Å². The van der Waals surface area contributed by atoms with Crippen molar-refractivity contribution < 1.29 is 14.3 Å². The molecule has 3 rings (SSSR count). The minimum atomic E-state index is -0.755. The predicted molar refractivity (Wildman–Crippen MR) is 72.7 cm³/mol. The van der Waals surface area contributed by atoms with Gasteiger partial charge in [-0.25, -0.2) is 4.39 Å². The lowest BCUT2D eigenvalue weighted by Crippen LogP contribution is -2.23. The van der Waals surface area contributed by atoms with E-state index in [0.29, 0.717) is 19.5 Å². The monoisotopic (exact) mass is 274 g/mol. The molecule has 0 aliphatic carbocycles. The average molecular weight is 274 g/mol. The van der Waals surface area contributed by atoms with Crippen LogP contribution in [0.2, 0.25) is 0 Å². The molecule has 4 nitrogen and oxygen atoms in total. The molecule has 1 aromatic carbocycles. The van der Waals surface area contributed by atoms with Crippen LogP contribution in [0.3, 0.4) is 0 Å². The first-order chi connectivity index (χ1) is 9.63. The van der Waals surface area contributed by atoms with Gasteiger partial charge < -0.3 is 5.11 Å². The van der Waals surface area contributed by atoms with Crippen molar-refractivity contribution in [1.29, 1.82) is 0 Å². The van der Waals surface area contributed by atoms with Gasteiger partial charge in [-0.15, -0.1) is 0 Å². The molecule has 2 aromatic rings. The Balaban J connectivity index is 1.86. The SMILES string of the molecule is O=C(O)[C@@H]1CCN(Cc2cc(F)cc3cccnc23)C1. The van der Waals surface area contributed by atoms with E-state index in [0.717, 1.165) is 23.0 Å². The minimum absolute atomic E-state index is 0.283. The van der Waals surface area contributed by atoms with E-state index in [1.165, 1.54) is 12.1 Å². The summed E-state index contributed by atoms with van der Waals surface area (Å²) in [6, 6.07) is 6.57. The number of halogens is 1. The van der Waals surface area contributed by atoms with Crippen LogP contribution < -0.4 is 0 Å². The van der Waals surface area contributed by atoms with Crippen molar-refractivity contribution in [3.63, 3.8) is 0 Å². The fourth-order valence-electron chi connectivity index (χ4n) is 2.77. The number of fused-ring (bicyclic) bond motifs is 1. The summed E-state index contributed by atoms with van der Waals surface area (Å²) in [7, 11) is 0. The predicted octanol–water partition coefficient (Wildman–Crippen LogP) is 2.28. The molecule has 104 valence electrons. The van der Waals surface area contributed by atoms with Crippen molar-refractivity contribution in [1.82, 2.24) is 9.88 Å². The second kappa shape index (κ2) is 5.17. The molecule has 0 saturated carbocycles. The second-order valence-corrected chi connectivity index (χ2v) is 5.20. The van der Waals surface area contributed by atoms with Crippen LogP contribution >= 0.6 is 0 Å². The molecule has 0 spiro atoms. The smallest absolute Gasteiger partial charge is 0.307 e. The summed E-state index contributed by atoms with van der Waals surface area (Å²) in [6.45, 7) is 1.77. The van der Waals surface area contributed by atoms with E-state index in [2.05, 4.69) is 4.98 Å². The maximum absolute atomic E-state index is 13.6. The topological polar surface area (TPSA) is 53.4 Å². The highest BCUT2D eigenvalue weighted by molar-refractivity contribution is 5.81. The maximum atomic E-state index is 13.6. The van der Waals surface area contributed by atoms with Gasteiger partial charge in [0.25, 0.3) is 0 Å². The van der Waals surface area contributed by atoms with Crippen LogP contribution in [-0.4, -0.2) is 34.0 Å². The van der Waals surface area contributed by atoms with Gasteiger partial charge in [0.2, 0.25) is 0 Å². The Bertz CT molecular complexity index is 659. The Hall–Kier alpha value is -2.01. The van der Waals surface area contributed by atoms with E-state index in [1.807, 2.05) is 11.0 Å². The second-order valence-electron chi connectivity index (χ2n) is 5.20. The molecule has 1 aliphatic heterocycles. The lowest BCUT2D eigenvalue weighted by molar-refractivity contribution is -0.141. The molecule has 0 bridgehead atoms. The number of hydrogen-bond acceptors (Lipinski definition) is 3. The van der Waals surface area contributed by atoms with Crippen LogP contribution in [0.5, 0.6) is 0 Å². The summed E-state index contributed by atoms with van der Waals surface area (Å²) in [5, 5.41) is 9.79. The standard InChI is InChI=1S/C15H15FN2O2/c16-13-6-10-2-1-4-17-14(10)12(7-13)9-18-5-3-11(8-18)15(19)20/h1-2,4,6-7,11H,3,5,8-9H2,(H,19,20)/t11-/m1/s1. The molecule has 1 N–H and O–H groups in total. The van der Waals surface area contributed by atoms with Gasteiger partial charge in [0.1, 0.15) is 5.82 Å². The van der Waals surface area contributed by atoms with Gasteiger partial charge in [-0.05, 0) is 36.7 Å². The van der Waals surface area contributed by atoms with E-state index < -0.39 is 5.97 Å². The van der Waals surface area contributed by atoms with Gasteiger partial charge in [0.15, 0.2) is 0 Å². The number of rotatable bonds is 3. The number of benzene rings is 1. The zero-order chi connectivity index (χ0) is 14.1. The lowest BCUT2D eigenvalue weighted by Gasteiger charge is -2.16. The summed E-state index contributed by atoms with van der Waals surface area (Å²) in [5.74, 6) is -1.35. The Morgan fingerprint density at radius 1 is 1.50 bits per heavy atom. The molecule has 20 heavy (non-hydrogen) atoms. The summed E-state index contributed by atoms with van der Waals surface area (Å²) in [5.41, 5.74) is 1.60. The highest BCUT2D eigenvalue weighted by Crippen LogP contribution is 2.23. The fraction of sp³-hybridized carbons (Fsp3) is 0.333. The zero-order valence-electron chi connectivity index (χ0n) is 10.9. The van der Waals surface area contributed by atoms with Gasteiger partial charge in [-0.2, -0.15) is 0 Å². The molecule has 0 unspecified atom stereocenters. The Morgan fingerprint density at radius 2 is 2.35 bits per heavy atom. The maximum Gasteiger partial charge on any atom is 0.307 e. The first-order valence-electron chi connectivity index (χ1n) is 6.62. The Morgan fingerprint density at radius 3 is 3.10 bits per heavy atom. The van der Waals surface area contributed by atoms with E-state index in [-0.39, 0.29) is 11.7 Å². The first-order valence-corrected chi connectivity index (χ1v) is 6.62. The molecule has 1 atom stereocenters. The molecule has 0 radical (unpaired) electrons. The van der Waals surface area contributed by atoms with Crippen LogP contribution in [0.15, 0.2) is 30.5 Å². The van der Waals surface area contributed by atoms with Gasteiger partial charge in [0, 0.05) is 24.7 Å². The molecule has 0 amide bonds. The number of hydrogen-bond donors (Lipinski definition) is 1. The van der Waals surface area contributed by atoms with Crippen molar-refractivity contribution in [2.45, 2.75) is 13.0 Å². The normalized spacial score (nSPS) is 19.6.